The van der Waals surface area contributed by atoms with E-state index >= 15 is 0 Å². The lowest BCUT2D eigenvalue weighted by atomic mass is 10.2. The molecule has 0 aliphatic carbocycles. The highest BCUT2D eigenvalue weighted by Crippen LogP contribution is 2.29. The molecule has 0 unspecified atom stereocenters. The molecule has 1 aromatic carbocycles. The van der Waals surface area contributed by atoms with Gasteiger partial charge in [-0.05, 0) is 32.0 Å². The normalized spacial score (nSPS) is 11.7. The van der Waals surface area contributed by atoms with Gasteiger partial charge in [-0.3, -0.25) is 0 Å². The van der Waals surface area contributed by atoms with Crippen LogP contribution in [0.15, 0.2) is 33.6 Å². The number of benzene rings is 1. The van der Waals surface area contributed by atoms with Crippen LogP contribution in [-0.4, -0.2) is 55.3 Å². The Balaban J connectivity index is 1.83. The zero-order valence-electron chi connectivity index (χ0n) is 17.9. The molecule has 0 atom stereocenters. The third kappa shape index (κ3) is 4.41. The average molecular weight is 462 g/mol. The summed E-state index contributed by atoms with van der Waals surface area (Å²) in [4.78, 5) is 32.8. The molecule has 0 radical (unpaired) electrons. The van der Waals surface area contributed by atoms with E-state index in [9.17, 15) is 18.0 Å². The second kappa shape index (κ2) is 8.93. The van der Waals surface area contributed by atoms with E-state index in [1.54, 1.807) is 13.8 Å². The molecule has 0 saturated carbocycles. The first-order valence-corrected chi connectivity index (χ1v) is 10.9. The topological polar surface area (TPSA) is 155 Å². The molecule has 3 aromatic rings. The standard InChI is InChI=1S/C20H22N4O7S/c1-5-29-20(26)15-11(2)31-18-16(15)17(21)22-14(23-18)10-30-19(25)12-7-6-8-13(9-12)32(27,28)24(3)4/h6-9H,5,10H2,1-4H3,(H2,21,22,23). The number of rotatable bonds is 7. The number of sulfonamides is 1. The molecule has 0 saturated heterocycles. The minimum Gasteiger partial charge on any atom is -0.462 e. The summed E-state index contributed by atoms with van der Waals surface area (Å²) < 4.78 is 41.3. The number of carbonyl (C=O) groups is 2. The average Bonchev–Trinajstić information content (AvgIpc) is 3.08. The number of aromatic nitrogens is 2. The van der Waals surface area contributed by atoms with Crippen molar-refractivity contribution in [2.24, 2.45) is 0 Å². The van der Waals surface area contributed by atoms with Crippen LogP contribution in [0.3, 0.4) is 0 Å². The van der Waals surface area contributed by atoms with E-state index in [0.29, 0.717) is 0 Å². The number of aryl methyl sites for hydroxylation is 1. The highest BCUT2D eigenvalue weighted by Gasteiger charge is 2.24. The van der Waals surface area contributed by atoms with Crippen LogP contribution in [0.1, 0.15) is 39.2 Å². The maximum absolute atomic E-state index is 12.4. The molecular weight excluding hydrogens is 440 g/mol. The molecule has 0 bridgehead atoms. The Morgan fingerprint density at radius 3 is 2.53 bits per heavy atom. The lowest BCUT2D eigenvalue weighted by Crippen LogP contribution is -2.22. The number of anilines is 1. The second-order valence-corrected chi connectivity index (χ2v) is 9.00. The Morgan fingerprint density at radius 2 is 1.88 bits per heavy atom. The Hall–Kier alpha value is -3.51. The molecule has 12 heteroatoms. The molecule has 0 aliphatic rings. The molecule has 0 aliphatic heterocycles. The quantitative estimate of drug-likeness (QED) is 0.515. The van der Waals surface area contributed by atoms with Gasteiger partial charge in [-0.25, -0.2) is 27.3 Å². The summed E-state index contributed by atoms with van der Waals surface area (Å²) in [5.74, 6) is -1.09. The number of hydrogen-bond donors (Lipinski definition) is 1. The molecule has 11 nitrogen and oxygen atoms in total. The Bertz CT molecular complexity index is 1300. The van der Waals surface area contributed by atoms with Crippen molar-refractivity contribution in [1.82, 2.24) is 14.3 Å². The van der Waals surface area contributed by atoms with E-state index in [1.807, 2.05) is 0 Å². The maximum atomic E-state index is 12.4. The largest absolute Gasteiger partial charge is 0.462 e. The van der Waals surface area contributed by atoms with Gasteiger partial charge in [0.1, 0.15) is 17.1 Å². The first-order valence-electron chi connectivity index (χ1n) is 9.48. The van der Waals surface area contributed by atoms with Gasteiger partial charge < -0.3 is 19.6 Å². The number of carbonyl (C=O) groups excluding carboxylic acids is 2. The van der Waals surface area contributed by atoms with Crippen molar-refractivity contribution in [2.45, 2.75) is 25.3 Å². The number of furan rings is 1. The van der Waals surface area contributed by atoms with Crippen LogP contribution >= 0.6 is 0 Å². The van der Waals surface area contributed by atoms with E-state index in [0.717, 1.165) is 4.31 Å². The predicted octanol–water partition coefficient (Wildman–Crippen LogP) is 1.90. The van der Waals surface area contributed by atoms with Gasteiger partial charge in [-0.1, -0.05) is 6.07 Å². The van der Waals surface area contributed by atoms with Crippen molar-refractivity contribution in [3.05, 3.63) is 47.0 Å². The number of fused-ring (bicyclic) bond motifs is 1. The minimum atomic E-state index is -3.71. The number of hydrogen-bond acceptors (Lipinski definition) is 10. The SMILES string of the molecule is CCOC(=O)c1c(C)oc2nc(COC(=O)c3cccc(S(=O)(=O)N(C)C)c3)nc(N)c12. The molecule has 2 aromatic heterocycles. The van der Waals surface area contributed by atoms with Gasteiger partial charge in [0.25, 0.3) is 0 Å². The van der Waals surface area contributed by atoms with Crippen molar-refractivity contribution in [2.75, 3.05) is 26.4 Å². The third-order valence-electron chi connectivity index (χ3n) is 4.46. The molecule has 0 fully saturated rings. The van der Waals surface area contributed by atoms with Crippen LogP contribution in [0, 0.1) is 6.92 Å². The van der Waals surface area contributed by atoms with Crippen molar-refractivity contribution in [1.29, 1.82) is 0 Å². The Kier molecular flexibility index (Phi) is 6.46. The fourth-order valence-electron chi connectivity index (χ4n) is 2.90. The van der Waals surface area contributed by atoms with Gasteiger partial charge in [-0.15, -0.1) is 0 Å². The third-order valence-corrected chi connectivity index (χ3v) is 6.27. The van der Waals surface area contributed by atoms with Gasteiger partial charge >= 0.3 is 11.9 Å². The molecule has 0 spiro atoms. The number of nitrogen functional groups attached to an aromatic ring is 1. The van der Waals surface area contributed by atoms with Crippen molar-refractivity contribution >= 4 is 38.9 Å². The van der Waals surface area contributed by atoms with Crippen LogP contribution in [0.25, 0.3) is 11.1 Å². The molecule has 0 amide bonds. The fraction of sp³-hybridized carbons (Fsp3) is 0.300. The van der Waals surface area contributed by atoms with Crippen LogP contribution in [0.5, 0.6) is 0 Å². The summed E-state index contributed by atoms with van der Waals surface area (Å²) in [5.41, 5.74) is 6.23. The summed E-state index contributed by atoms with van der Waals surface area (Å²) in [7, 11) is -0.927. The smallest absolute Gasteiger partial charge is 0.342 e. The van der Waals surface area contributed by atoms with E-state index in [2.05, 4.69) is 9.97 Å². The van der Waals surface area contributed by atoms with Gasteiger partial charge in [-0.2, -0.15) is 4.98 Å². The van der Waals surface area contributed by atoms with E-state index in [-0.39, 0.29) is 57.7 Å². The highest BCUT2D eigenvalue weighted by molar-refractivity contribution is 7.89. The van der Waals surface area contributed by atoms with Crippen molar-refractivity contribution in [3.63, 3.8) is 0 Å². The molecule has 32 heavy (non-hydrogen) atoms. The maximum Gasteiger partial charge on any atom is 0.342 e. The van der Waals surface area contributed by atoms with Crippen molar-refractivity contribution < 1.29 is 31.9 Å². The zero-order valence-corrected chi connectivity index (χ0v) is 18.7. The Labute approximate surface area is 184 Å². The molecule has 2 heterocycles. The molecule has 2 N–H and O–H groups in total. The van der Waals surface area contributed by atoms with Crippen molar-refractivity contribution in [3.8, 4) is 0 Å². The first-order chi connectivity index (χ1) is 15.1. The van der Waals surface area contributed by atoms with Gasteiger partial charge in [0.15, 0.2) is 12.4 Å². The fourth-order valence-corrected chi connectivity index (χ4v) is 3.85. The highest BCUT2D eigenvalue weighted by atomic mass is 32.2. The summed E-state index contributed by atoms with van der Waals surface area (Å²) in [6.45, 7) is 3.07. The lowest BCUT2D eigenvalue weighted by molar-refractivity contribution is 0.0461. The lowest BCUT2D eigenvalue weighted by Gasteiger charge is -2.12. The van der Waals surface area contributed by atoms with Gasteiger partial charge in [0, 0.05) is 14.1 Å². The van der Waals surface area contributed by atoms with E-state index in [4.69, 9.17) is 19.6 Å². The summed E-state index contributed by atoms with van der Waals surface area (Å²) in [6, 6.07) is 5.47. The number of nitrogens with zero attached hydrogens (tertiary/aromatic N) is 3. The monoisotopic (exact) mass is 462 g/mol. The van der Waals surface area contributed by atoms with Gasteiger partial charge in [0.2, 0.25) is 15.7 Å². The molecular formula is C20H22N4O7S. The first kappa shape index (κ1) is 23.2. The molecule has 170 valence electrons. The van der Waals surface area contributed by atoms with E-state index in [1.165, 1.54) is 38.4 Å². The van der Waals surface area contributed by atoms with Crippen LogP contribution in [0.2, 0.25) is 0 Å². The summed E-state index contributed by atoms with van der Waals surface area (Å²) in [5, 5.41) is 0.220. The summed E-state index contributed by atoms with van der Waals surface area (Å²) >= 11 is 0. The van der Waals surface area contributed by atoms with Gasteiger partial charge in [0.05, 0.1) is 22.5 Å². The summed E-state index contributed by atoms with van der Waals surface area (Å²) in [6.07, 6.45) is 0. The van der Waals surface area contributed by atoms with E-state index < -0.39 is 22.0 Å². The number of ether oxygens (including phenoxy) is 2. The number of nitrogens with two attached hydrogens (primary N) is 1. The minimum absolute atomic E-state index is 0.0278. The predicted molar refractivity (Wildman–Crippen MR) is 113 cm³/mol. The van der Waals surface area contributed by atoms with Crippen LogP contribution in [-0.2, 0) is 26.1 Å². The number of esters is 2. The zero-order chi connectivity index (χ0) is 23.6. The van der Waals surface area contributed by atoms with Crippen LogP contribution in [0.4, 0.5) is 5.82 Å². The second-order valence-electron chi connectivity index (χ2n) is 6.85. The van der Waals surface area contributed by atoms with Crippen LogP contribution < -0.4 is 5.73 Å². The molecule has 3 rings (SSSR count). The Morgan fingerprint density at radius 1 is 1.16 bits per heavy atom.